The van der Waals surface area contributed by atoms with E-state index in [4.69, 9.17) is 16.3 Å². The van der Waals surface area contributed by atoms with Crippen molar-refractivity contribution in [2.24, 2.45) is 0 Å². The first-order valence-electron chi connectivity index (χ1n) is 4.86. The smallest absolute Gasteiger partial charge is 0.141 e. The molecule has 0 heterocycles. The molecule has 0 saturated carbocycles. The Morgan fingerprint density at radius 3 is 2.80 bits per heavy atom. The predicted molar refractivity (Wildman–Crippen MR) is 59.7 cm³/mol. The molecule has 0 radical (unpaired) electrons. The molecular weight excluding hydrogens is 217 g/mol. The lowest BCUT2D eigenvalue weighted by Crippen LogP contribution is -2.24. The van der Waals surface area contributed by atoms with Crippen LogP contribution in [0.5, 0.6) is 0 Å². The summed E-state index contributed by atoms with van der Waals surface area (Å²) in [6, 6.07) is 4.77. The maximum Gasteiger partial charge on any atom is 0.141 e. The van der Waals surface area contributed by atoms with Gasteiger partial charge in [0.1, 0.15) is 5.82 Å². The molecule has 1 aromatic rings. The normalized spacial score (nSPS) is 12.8. The molecule has 1 unspecified atom stereocenters. The number of benzene rings is 1. The van der Waals surface area contributed by atoms with Gasteiger partial charge in [-0.05, 0) is 24.2 Å². The van der Waals surface area contributed by atoms with Crippen LogP contribution >= 0.6 is 11.6 Å². The van der Waals surface area contributed by atoms with E-state index in [0.717, 1.165) is 12.1 Å². The Labute approximate surface area is 94.4 Å². The van der Waals surface area contributed by atoms with Gasteiger partial charge in [0, 0.05) is 7.11 Å². The second-order valence-electron chi connectivity index (χ2n) is 3.24. The molecule has 0 amide bonds. The largest absolute Gasteiger partial charge is 0.383 e. The predicted octanol–water partition coefficient (Wildman–Crippen LogP) is 2.78. The highest BCUT2D eigenvalue weighted by Crippen LogP contribution is 2.21. The van der Waals surface area contributed by atoms with E-state index in [1.807, 2.05) is 6.92 Å². The number of halogens is 2. The van der Waals surface area contributed by atoms with Crippen LogP contribution in [0.1, 0.15) is 18.5 Å². The van der Waals surface area contributed by atoms with Crippen LogP contribution in [0.15, 0.2) is 18.2 Å². The van der Waals surface area contributed by atoms with E-state index >= 15 is 0 Å². The molecule has 1 rings (SSSR count). The maximum atomic E-state index is 13.0. The van der Waals surface area contributed by atoms with E-state index < -0.39 is 5.82 Å². The number of rotatable bonds is 5. The van der Waals surface area contributed by atoms with Crippen LogP contribution in [0.25, 0.3) is 0 Å². The topological polar surface area (TPSA) is 21.3 Å². The van der Waals surface area contributed by atoms with E-state index in [1.165, 1.54) is 6.07 Å². The van der Waals surface area contributed by atoms with Gasteiger partial charge in [-0.3, -0.25) is 0 Å². The van der Waals surface area contributed by atoms with Crippen molar-refractivity contribution in [1.29, 1.82) is 0 Å². The summed E-state index contributed by atoms with van der Waals surface area (Å²) in [6.45, 7) is 3.37. The summed E-state index contributed by atoms with van der Waals surface area (Å²) >= 11 is 5.71. The van der Waals surface area contributed by atoms with Crippen molar-refractivity contribution < 1.29 is 9.13 Å². The Morgan fingerprint density at radius 2 is 2.27 bits per heavy atom. The van der Waals surface area contributed by atoms with E-state index in [9.17, 15) is 4.39 Å². The first kappa shape index (κ1) is 12.4. The van der Waals surface area contributed by atoms with Gasteiger partial charge in [0.25, 0.3) is 0 Å². The maximum absolute atomic E-state index is 13.0. The van der Waals surface area contributed by atoms with Gasteiger partial charge in [-0.1, -0.05) is 24.6 Å². The lowest BCUT2D eigenvalue weighted by atomic mass is 10.1. The second kappa shape index (κ2) is 6.05. The summed E-state index contributed by atoms with van der Waals surface area (Å²) in [5, 5.41) is 3.39. The molecule has 0 spiro atoms. The number of hydrogen-bond acceptors (Lipinski definition) is 2. The summed E-state index contributed by atoms with van der Waals surface area (Å²) in [7, 11) is 1.63. The molecule has 0 aliphatic heterocycles. The molecule has 1 N–H and O–H groups in total. The number of hydrogen-bond donors (Lipinski definition) is 1. The van der Waals surface area contributed by atoms with Gasteiger partial charge in [0.2, 0.25) is 0 Å². The minimum Gasteiger partial charge on any atom is -0.383 e. The summed E-state index contributed by atoms with van der Waals surface area (Å²) in [5.74, 6) is -0.395. The Bertz CT molecular complexity index is 313. The fourth-order valence-electron chi connectivity index (χ4n) is 1.42. The Kier molecular flexibility index (Phi) is 5.02. The fourth-order valence-corrected chi connectivity index (χ4v) is 1.60. The average Bonchev–Trinajstić information content (AvgIpc) is 2.22. The molecule has 1 aromatic carbocycles. The van der Waals surface area contributed by atoms with Crippen LogP contribution in [-0.2, 0) is 4.74 Å². The summed E-state index contributed by atoms with van der Waals surface area (Å²) in [5.41, 5.74) is 0.935. The molecular formula is C11H15ClFNO. The van der Waals surface area contributed by atoms with Crippen molar-refractivity contribution >= 4 is 11.6 Å². The van der Waals surface area contributed by atoms with Gasteiger partial charge >= 0.3 is 0 Å². The van der Waals surface area contributed by atoms with Crippen molar-refractivity contribution in [3.8, 4) is 0 Å². The third-order valence-corrected chi connectivity index (χ3v) is 2.42. The molecule has 0 aromatic heterocycles. The minimum absolute atomic E-state index is 0.0538. The van der Waals surface area contributed by atoms with E-state index in [-0.39, 0.29) is 11.1 Å². The Hall–Kier alpha value is -0.640. The molecule has 0 bridgehead atoms. The summed E-state index contributed by atoms with van der Waals surface area (Å²) < 4.78 is 18.0. The van der Waals surface area contributed by atoms with Crippen molar-refractivity contribution in [3.63, 3.8) is 0 Å². The molecule has 2 nitrogen and oxygen atoms in total. The average molecular weight is 232 g/mol. The quantitative estimate of drug-likeness (QED) is 0.842. The molecule has 0 aliphatic carbocycles. The summed E-state index contributed by atoms with van der Waals surface area (Å²) in [6.07, 6.45) is 0. The standard InChI is InChI=1S/C11H15ClFNO/c1-3-14-11(7-15-2)8-4-5-10(13)9(12)6-8/h4-6,11,14H,3,7H2,1-2H3. The van der Waals surface area contributed by atoms with Gasteiger partial charge in [0.15, 0.2) is 0 Å². The number of methoxy groups -OCH3 is 1. The highest BCUT2D eigenvalue weighted by Gasteiger charge is 2.11. The fraction of sp³-hybridized carbons (Fsp3) is 0.455. The van der Waals surface area contributed by atoms with Crippen LogP contribution in [0.2, 0.25) is 5.02 Å². The van der Waals surface area contributed by atoms with E-state index in [1.54, 1.807) is 19.2 Å². The highest BCUT2D eigenvalue weighted by molar-refractivity contribution is 6.30. The number of nitrogens with one attached hydrogen (secondary N) is 1. The summed E-state index contributed by atoms with van der Waals surface area (Å²) in [4.78, 5) is 0. The monoisotopic (exact) mass is 231 g/mol. The molecule has 15 heavy (non-hydrogen) atoms. The highest BCUT2D eigenvalue weighted by atomic mass is 35.5. The Balaban J connectivity index is 2.85. The van der Waals surface area contributed by atoms with Crippen LogP contribution in [0.4, 0.5) is 4.39 Å². The van der Waals surface area contributed by atoms with Gasteiger partial charge in [0.05, 0.1) is 17.7 Å². The van der Waals surface area contributed by atoms with Crippen LogP contribution < -0.4 is 5.32 Å². The molecule has 0 fully saturated rings. The zero-order chi connectivity index (χ0) is 11.3. The zero-order valence-electron chi connectivity index (χ0n) is 8.89. The molecule has 0 aliphatic rings. The van der Waals surface area contributed by atoms with Crippen molar-refractivity contribution in [3.05, 3.63) is 34.6 Å². The molecule has 1 atom stereocenters. The second-order valence-corrected chi connectivity index (χ2v) is 3.65. The van der Waals surface area contributed by atoms with E-state index in [2.05, 4.69) is 5.32 Å². The van der Waals surface area contributed by atoms with Crippen LogP contribution in [0, 0.1) is 5.82 Å². The zero-order valence-corrected chi connectivity index (χ0v) is 9.64. The molecule has 0 saturated heterocycles. The lowest BCUT2D eigenvalue weighted by molar-refractivity contribution is 0.168. The van der Waals surface area contributed by atoms with Gasteiger partial charge in [-0.15, -0.1) is 0 Å². The lowest BCUT2D eigenvalue weighted by Gasteiger charge is -2.17. The number of ether oxygens (including phenoxy) is 1. The first-order valence-corrected chi connectivity index (χ1v) is 5.24. The van der Waals surface area contributed by atoms with Crippen LogP contribution in [-0.4, -0.2) is 20.3 Å². The van der Waals surface area contributed by atoms with E-state index in [0.29, 0.717) is 6.61 Å². The van der Waals surface area contributed by atoms with Gasteiger partial charge < -0.3 is 10.1 Å². The van der Waals surface area contributed by atoms with Crippen molar-refractivity contribution in [2.75, 3.05) is 20.3 Å². The van der Waals surface area contributed by atoms with Crippen molar-refractivity contribution in [1.82, 2.24) is 5.32 Å². The van der Waals surface area contributed by atoms with Crippen molar-refractivity contribution in [2.45, 2.75) is 13.0 Å². The SMILES string of the molecule is CCNC(COC)c1ccc(F)c(Cl)c1. The molecule has 4 heteroatoms. The third-order valence-electron chi connectivity index (χ3n) is 2.13. The Morgan fingerprint density at radius 1 is 1.53 bits per heavy atom. The first-order chi connectivity index (χ1) is 7.19. The van der Waals surface area contributed by atoms with Gasteiger partial charge in [-0.25, -0.2) is 4.39 Å². The number of likely N-dealkylation sites (N-methyl/N-ethyl adjacent to an activating group) is 1. The van der Waals surface area contributed by atoms with Crippen LogP contribution in [0.3, 0.4) is 0 Å². The van der Waals surface area contributed by atoms with Gasteiger partial charge in [-0.2, -0.15) is 0 Å². The third kappa shape index (κ3) is 3.45. The molecule has 84 valence electrons. The minimum atomic E-state index is -0.395.